The van der Waals surface area contributed by atoms with Crippen molar-refractivity contribution >= 4 is 41.2 Å². The number of nitrogens with two attached hydrogens (primary N) is 1. The number of benzene rings is 2. The van der Waals surface area contributed by atoms with Crippen LogP contribution in [0, 0.1) is 0 Å². The lowest BCUT2D eigenvalue weighted by molar-refractivity contribution is -0.154. The molecule has 2 aromatic carbocycles. The lowest BCUT2D eigenvalue weighted by Crippen LogP contribution is -2.23. The summed E-state index contributed by atoms with van der Waals surface area (Å²) < 4.78 is 6.80. The maximum absolute atomic E-state index is 12.7. The summed E-state index contributed by atoms with van der Waals surface area (Å²) in [6, 6.07) is 19.1. The van der Waals surface area contributed by atoms with Gasteiger partial charge in [-0.3, -0.25) is 14.3 Å². The fraction of sp³-hybridized carbons (Fsp3) is 0.455. The van der Waals surface area contributed by atoms with E-state index in [1.165, 1.54) is 10.6 Å². The summed E-state index contributed by atoms with van der Waals surface area (Å²) in [7, 11) is -0.428. The number of hydrogen-bond donors (Lipinski definition) is 2. The van der Waals surface area contributed by atoms with Gasteiger partial charge in [0.25, 0.3) is 5.56 Å². The van der Waals surface area contributed by atoms with Gasteiger partial charge in [0.05, 0.1) is 11.4 Å². The smallest absolute Gasteiger partial charge is 0.306 e. The first kappa shape index (κ1) is 34.7. The van der Waals surface area contributed by atoms with Crippen LogP contribution in [-0.2, 0) is 9.53 Å². The summed E-state index contributed by atoms with van der Waals surface area (Å²) in [4.78, 5) is 23.3. The van der Waals surface area contributed by atoms with Crippen molar-refractivity contribution in [3.8, 4) is 11.3 Å². The molecule has 9 heteroatoms. The Balaban J connectivity index is 0.000000481. The van der Waals surface area contributed by atoms with Crippen molar-refractivity contribution in [2.24, 2.45) is 0 Å². The van der Waals surface area contributed by atoms with E-state index in [0.29, 0.717) is 28.8 Å². The van der Waals surface area contributed by atoms with Gasteiger partial charge in [0, 0.05) is 12.0 Å². The second-order valence-corrected chi connectivity index (χ2v) is 12.8. The normalized spacial score (nSPS) is 12.4. The van der Waals surface area contributed by atoms with Crippen molar-refractivity contribution in [2.45, 2.75) is 92.7 Å². The zero-order valence-corrected chi connectivity index (χ0v) is 27.6. The van der Waals surface area contributed by atoms with Crippen molar-refractivity contribution in [1.82, 2.24) is 20.0 Å². The number of H-pyrrole nitrogens is 1. The quantitative estimate of drug-likeness (QED) is 0.169. The molecule has 0 bridgehead atoms. The first-order valence-electron chi connectivity index (χ1n) is 14.9. The van der Waals surface area contributed by atoms with Gasteiger partial charge >= 0.3 is 5.97 Å². The van der Waals surface area contributed by atoms with Crippen molar-refractivity contribution < 1.29 is 9.53 Å². The zero-order valence-electron chi connectivity index (χ0n) is 26.7. The Morgan fingerprint density at radius 2 is 1.62 bits per heavy atom. The Bertz CT molecular complexity index is 1460. The van der Waals surface area contributed by atoms with Crippen LogP contribution in [0.3, 0.4) is 0 Å². The Hall–Kier alpha value is -3.51. The summed E-state index contributed by atoms with van der Waals surface area (Å²) in [5.74, 6) is 0.163. The molecule has 0 fully saturated rings. The van der Waals surface area contributed by atoms with Gasteiger partial charge < -0.3 is 10.5 Å². The Morgan fingerprint density at radius 3 is 2.12 bits per heavy atom. The van der Waals surface area contributed by atoms with Crippen LogP contribution in [0.25, 0.3) is 22.2 Å². The molecule has 8 nitrogen and oxygen atoms in total. The third kappa shape index (κ3) is 8.99. The highest BCUT2D eigenvalue weighted by atomic mass is 31.1. The molecule has 228 valence electrons. The van der Waals surface area contributed by atoms with Crippen LogP contribution >= 0.6 is 7.92 Å². The minimum atomic E-state index is -0.428. The summed E-state index contributed by atoms with van der Waals surface area (Å²) in [5.41, 5.74) is 7.80. The highest BCUT2D eigenvalue weighted by Gasteiger charge is 2.23. The fourth-order valence-corrected chi connectivity index (χ4v) is 5.98. The van der Waals surface area contributed by atoms with Crippen LogP contribution in [-0.4, -0.2) is 38.2 Å². The molecule has 0 spiro atoms. The Kier molecular flexibility index (Phi) is 13.4. The summed E-state index contributed by atoms with van der Waals surface area (Å²) in [6.45, 7) is 17.9. The van der Waals surface area contributed by atoms with Crippen molar-refractivity contribution in [3.05, 3.63) is 65.0 Å². The molecule has 4 aromatic rings. The van der Waals surface area contributed by atoms with E-state index in [1.807, 2.05) is 45.4 Å². The van der Waals surface area contributed by atoms with E-state index in [4.69, 9.17) is 15.6 Å². The average Bonchev–Trinajstić information content (AvgIpc) is 3.40. The number of rotatable bonds is 8. The number of anilines is 1. The van der Waals surface area contributed by atoms with Gasteiger partial charge in [0.2, 0.25) is 0 Å². The molecule has 0 aliphatic carbocycles. The van der Waals surface area contributed by atoms with Gasteiger partial charge in [0.1, 0.15) is 16.8 Å². The van der Waals surface area contributed by atoms with Crippen molar-refractivity contribution in [2.75, 3.05) is 12.4 Å². The van der Waals surface area contributed by atoms with Crippen LogP contribution < -0.4 is 21.9 Å². The van der Waals surface area contributed by atoms with E-state index in [-0.39, 0.29) is 23.2 Å². The molecule has 3 N–H and O–H groups in total. The maximum atomic E-state index is 12.7. The van der Waals surface area contributed by atoms with Crippen LogP contribution in [0.1, 0.15) is 87.1 Å². The number of hydrogen-bond acceptors (Lipinski definition) is 6. The van der Waals surface area contributed by atoms with E-state index in [2.05, 4.69) is 79.2 Å². The zero-order chi connectivity index (χ0) is 31.4. The molecule has 2 heterocycles. The predicted molar refractivity (Wildman–Crippen MR) is 178 cm³/mol. The number of nitrogens with one attached hydrogen (secondary N) is 1. The van der Waals surface area contributed by atoms with E-state index in [1.54, 1.807) is 6.92 Å². The first-order valence-corrected chi connectivity index (χ1v) is 16.7. The van der Waals surface area contributed by atoms with Crippen molar-refractivity contribution in [3.63, 3.8) is 0 Å². The monoisotopic (exact) mass is 593 g/mol. The topological polar surface area (TPSA) is 116 Å². The number of aromatic amines is 1. The summed E-state index contributed by atoms with van der Waals surface area (Å²) in [5, 5.41) is 14.7. The minimum absolute atomic E-state index is 0.137. The summed E-state index contributed by atoms with van der Waals surface area (Å²) in [6.07, 6.45) is 3.31. The molecule has 0 aliphatic heterocycles. The lowest BCUT2D eigenvalue weighted by Gasteiger charge is -2.18. The number of fused-ring (bicyclic) bond motifs is 1. The van der Waals surface area contributed by atoms with Crippen LogP contribution in [0.5, 0.6) is 0 Å². The highest BCUT2D eigenvalue weighted by Crippen LogP contribution is 2.34. The standard InChI is InChI=1S/C24H28N5OP.C7H14O2.C2H6/c1-4-9-17(5-2)29-22-20(23(25)26-27-24(22)30)21(28-29)16-12-14-19(15-13-16)31(3)18-10-7-6-8-11-18;1-5-6(8)9-7(2,3)4;1-2/h6-8,10-15,17H,4-5,9H2,1-3H3,(H2,25,26)(H,27,30);5H2,1-4H3;1-2H3. The van der Waals surface area contributed by atoms with Gasteiger partial charge in [-0.15, -0.1) is 0 Å². The third-order valence-electron chi connectivity index (χ3n) is 6.48. The molecule has 0 saturated carbocycles. The van der Waals surface area contributed by atoms with Gasteiger partial charge in [-0.05, 0) is 58.8 Å². The number of aromatic nitrogens is 4. The van der Waals surface area contributed by atoms with Gasteiger partial charge in [-0.1, -0.05) is 95.6 Å². The molecule has 4 rings (SSSR count). The molecular formula is C33H48N5O3P. The Labute approximate surface area is 251 Å². The number of esters is 1. The molecule has 0 amide bonds. The molecule has 2 aromatic heterocycles. The molecular weight excluding hydrogens is 545 g/mol. The number of carbonyl (C=O) groups excluding carboxylic acids is 1. The second kappa shape index (κ2) is 16.2. The van der Waals surface area contributed by atoms with Crippen LogP contribution in [0.4, 0.5) is 5.82 Å². The Morgan fingerprint density at radius 1 is 1.02 bits per heavy atom. The summed E-state index contributed by atoms with van der Waals surface area (Å²) >= 11 is 0. The molecule has 0 aliphatic rings. The molecule has 42 heavy (non-hydrogen) atoms. The van der Waals surface area contributed by atoms with Crippen LogP contribution in [0.15, 0.2) is 59.4 Å². The molecule has 2 atom stereocenters. The average molecular weight is 594 g/mol. The van der Waals surface area contributed by atoms with Gasteiger partial charge in [-0.2, -0.15) is 10.2 Å². The number of carbonyl (C=O) groups is 1. The lowest BCUT2D eigenvalue weighted by atomic mass is 10.1. The number of nitrogens with zero attached hydrogens (tertiary/aromatic N) is 3. The van der Waals surface area contributed by atoms with Gasteiger partial charge in [-0.25, -0.2) is 5.10 Å². The largest absolute Gasteiger partial charge is 0.460 e. The second-order valence-electron chi connectivity index (χ2n) is 10.7. The van der Waals surface area contributed by atoms with E-state index in [9.17, 15) is 9.59 Å². The predicted octanol–water partition coefficient (Wildman–Crippen LogP) is 6.95. The van der Waals surface area contributed by atoms with Gasteiger partial charge in [0.15, 0.2) is 5.82 Å². The molecule has 0 radical (unpaired) electrons. The molecule has 2 unspecified atom stereocenters. The van der Waals surface area contributed by atoms with Crippen molar-refractivity contribution in [1.29, 1.82) is 0 Å². The third-order valence-corrected chi connectivity index (χ3v) is 8.62. The minimum Gasteiger partial charge on any atom is -0.460 e. The number of ether oxygens (including phenoxy) is 1. The molecule has 0 saturated heterocycles. The maximum Gasteiger partial charge on any atom is 0.306 e. The first-order chi connectivity index (χ1) is 20.0. The number of nitrogen functional groups attached to an aromatic ring is 1. The van der Waals surface area contributed by atoms with E-state index in [0.717, 1.165) is 24.8 Å². The highest BCUT2D eigenvalue weighted by molar-refractivity contribution is 7.72. The fourth-order valence-electron chi connectivity index (χ4n) is 4.47. The van der Waals surface area contributed by atoms with E-state index < -0.39 is 7.92 Å². The van der Waals surface area contributed by atoms with E-state index >= 15 is 0 Å². The van der Waals surface area contributed by atoms with Crippen LogP contribution in [0.2, 0.25) is 0 Å². The SMILES string of the molecule is CC.CCC(=O)OC(C)(C)C.CCCC(CC)n1nc(-c2ccc(P(C)c3ccccc3)cc2)c2c(N)n[nH]c(=O)c21.